The van der Waals surface area contributed by atoms with Crippen molar-refractivity contribution in [2.75, 3.05) is 18.9 Å². The molecule has 1 N–H and O–H groups in total. The standard InChI is InChI=1S/C24H23F7N2O3/c1-5-33(4)21(36)18(34)12-15-7-6-8-16(11-15)20(35)32-19-13(2)9-17(10-14(19)3)22(25,23(26,27)28)24(29,30)31/h6-11H,5,12H2,1-4H3,(H,32,35). The summed E-state index contributed by atoms with van der Waals surface area (Å²) >= 11 is 0. The number of amides is 2. The Labute approximate surface area is 202 Å². The molecule has 0 saturated carbocycles. The number of likely N-dealkylation sites (N-methyl/N-ethyl adjacent to an activating group) is 1. The lowest BCUT2D eigenvalue weighted by Crippen LogP contribution is -2.50. The number of nitrogens with one attached hydrogen (secondary N) is 1. The number of rotatable bonds is 7. The predicted molar refractivity (Wildman–Crippen MR) is 117 cm³/mol. The molecule has 0 saturated heterocycles. The van der Waals surface area contributed by atoms with Crippen LogP contribution in [-0.4, -0.2) is 48.4 Å². The van der Waals surface area contributed by atoms with Gasteiger partial charge >= 0.3 is 18.0 Å². The van der Waals surface area contributed by atoms with Crippen LogP contribution in [-0.2, 0) is 21.7 Å². The van der Waals surface area contributed by atoms with Crippen LogP contribution in [0.2, 0.25) is 0 Å². The summed E-state index contributed by atoms with van der Waals surface area (Å²) in [6.07, 6.45) is -12.8. The van der Waals surface area contributed by atoms with E-state index in [0.717, 1.165) is 13.8 Å². The van der Waals surface area contributed by atoms with Gasteiger partial charge in [-0.2, -0.15) is 26.3 Å². The zero-order chi connectivity index (χ0) is 27.6. The molecule has 2 amide bonds. The number of anilines is 1. The Bertz CT molecular complexity index is 1140. The third-order valence-electron chi connectivity index (χ3n) is 5.56. The van der Waals surface area contributed by atoms with Gasteiger partial charge < -0.3 is 10.2 Å². The highest BCUT2D eigenvalue weighted by atomic mass is 19.4. The Morgan fingerprint density at radius 3 is 1.89 bits per heavy atom. The van der Waals surface area contributed by atoms with Gasteiger partial charge in [0.2, 0.25) is 5.78 Å². The predicted octanol–water partition coefficient (Wildman–Crippen LogP) is 5.44. The molecule has 0 aliphatic heterocycles. The molecule has 0 unspecified atom stereocenters. The van der Waals surface area contributed by atoms with Gasteiger partial charge in [0.25, 0.3) is 11.8 Å². The van der Waals surface area contributed by atoms with E-state index in [1.54, 1.807) is 6.92 Å². The van der Waals surface area contributed by atoms with Gasteiger partial charge in [0, 0.05) is 36.8 Å². The first-order chi connectivity index (χ1) is 16.4. The fourth-order valence-corrected chi connectivity index (χ4v) is 3.47. The first kappa shape index (κ1) is 28.8. The second-order valence-corrected chi connectivity index (χ2v) is 8.21. The fraction of sp³-hybridized carbons (Fsp3) is 0.375. The molecular formula is C24H23F7N2O3. The van der Waals surface area contributed by atoms with Crippen LogP contribution in [0.25, 0.3) is 0 Å². The molecule has 0 atom stereocenters. The average Bonchev–Trinajstić information content (AvgIpc) is 2.78. The van der Waals surface area contributed by atoms with E-state index in [1.807, 2.05) is 0 Å². The average molecular weight is 520 g/mol. The van der Waals surface area contributed by atoms with Gasteiger partial charge in [0.15, 0.2) is 0 Å². The van der Waals surface area contributed by atoms with Crippen molar-refractivity contribution in [3.63, 3.8) is 0 Å². The maximum absolute atomic E-state index is 14.4. The van der Waals surface area contributed by atoms with E-state index in [0.29, 0.717) is 24.2 Å². The van der Waals surface area contributed by atoms with Crippen molar-refractivity contribution < 1.29 is 45.1 Å². The summed E-state index contributed by atoms with van der Waals surface area (Å²) in [5.41, 5.74) is -7.45. The molecular weight excluding hydrogens is 497 g/mol. The minimum absolute atomic E-state index is 0.0184. The van der Waals surface area contributed by atoms with Crippen LogP contribution < -0.4 is 5.32 Å². The van der Waals surface area contributed by atoms with Crippen LogP contribution in [0.1, 0.15) is 39.5 Å². The van der Waals surface area contributed by atoms with Gasteiger partial charge in [-0.15, -0.1) is 0 Å². The summed E-state index contributed by atoms with van der Waals surface area (Å²) in [6, 6.07) is 6.41. The first-order valence-electron chi connectivity index (χ1n) is 10.6. The molecule has 0 radical (unpaired) electrons. The number of carbonyl (C=O) groups is 3. The third-order valence-corrected chi connectivity index (χ3v) is 5.56. The summed E-state index contributed by atoms with van der Waals surface area (Å²) in [4.78, 5) is 38.1. The van der Waals surface area contributed by atoms with E-state index in [4.69, 9.17) is 0 Å². The topological polar surface area (TPSA) is 66.5 Å². The second-order valence-electron chi connectivity index (χ2n) is 8.21. The molecule has 2 aromatic carbocycles. The molecule has 2 rings (SSSR count). The van der Waals surface area contributed by atoms with Crippen molar-refractivity contribution in [1.82, 2.24) is 4.90 Å². The molecule has 0 bridgehead atoms. The van der Waals surface area contributed by atoms with Gasteiger partial charge in [-0.25, -0.2) is 4.39 Å². The van der Waals surface area contributed by atoms with Crippen LogP contribution >= 0.6 is 0 Å². The van der Waals surface area contributed by atoms with Crippen LogP contribution in [0.4, 0.5) is 36.4 Å². The highest BCUT2D eigenvalue weighted by Crippen LogP contribution is 2.53. The molecule has 36 heavy (non-hydrogen) atoms. The maximum Gasteiger partial charge on any atom is 0.435 e. The quantitative estimate of drug-likeness (QED) is 0.391. The lowest BCUT2D eigenvalue weighted by atomic mass is 9.90. The van der Waals surface area contributed by atoms with Crippen molar-refractivity contribution in [3.05, 3.63) is 64.2 Å². The van der Waals surface area contributed by atoms with E-state index in [1.165, 1.54) is 36.2 Å². The molecule has 2 aromatic rings. The Kier molecular flexibility index (Phi) is 8.22. The number of nitrogens with zero attached hydrogens (tertiary/aromatic N) is 1. The minimum atomic E-state index is -6.26. The molecule has 196 valence electrons. The molecule has 12 heteroatoms. The Morgan fingerprint density at radius 2 is 1.42 bits per heavy atom. The van der Waals surface area contributed by atoms with Crippen LogP contribution in [0, 0.1) is 13.8 Å². The maximum atomic E-state index is 14.4. The van der Waals surface area contributed by atoms with Crippen molar-refractivity contribution in [3.8, 4) is 0 Å². The second kappa shape index (κ2) is 10.3. The molecule has 0 aromatic heterocycles. The van der Waals surface area contributed by atoms with E-state index < -0.39 is 41.2 Å². The number of Topliss-reactive ketones (excluding diaryl/α,β-unsaturated/α-hetero) is 1. The first-order valence-corrected chi connectivity index (χ1v) is 10.6. The SMILES string of the molecule is CCN(C)C(=O)C(=O)Cc1cccc(C(=O)Nc2c(C)cc(C(F)(C(F)(F)F)C(F)(F)F)cc2C)c1. The van der Waals surface area contributed by atoms with Gasteiger partial charge in [0.1, 0.15) is 0 Å². The molecule has 0 fully saturated rings. The number of halogens is 7. The van der Waals surface area contributed by atoms with Gasteiger partial charge in [0.05, 0.1) is 0 Å². The van der Waals surface area contributed by atoms with Crippen molar-refractivity contribution >= 4 is 23.3 Å². The van der Waals surface area contributed by atoms with E-state index >= 15 is 0 Å². The Balaban J connectivity index is 2.34. The van der Waals surface area contributed by atoms with Crippen LogP contribution in [0.15, 0.2) is 36.4 Å². The normalized spacial score (nSPS) is 12.3. The van der Waals surface area contributed by atoms with E-state index in [2.05, 4.69) is 5.32 Å². The minimum Gasteiger partial charge on any atom is -0.339 e. The van der Waals surface area contributed by atoms with Crippen molar-refractivity contribution in [2.24, 2.45) is 0 Å². The Hall–Kier alpha value is -3.44. The van der Waals surface area contributed by atoms with Gasteiger partial charge in [-0.3, -0.25) is 14.4 Å². The summed E-state index contributed by atoms with van der Waals surface area (Å²) in [7, 11) is 1.45. The van der Waals surface area contributed by atoms with E-state index in [9.17, 15) is 45.1 Å². The molecule has 5 nitrogen and oxygen atoms in total. The van der Waals surface area contributed by atoms with Gasteiger partial charge in [-0.1, -0.05) is 24.3 Å². The van der Waals surface area contributed by atoms with Crippen LogP contribution in [0.5, 0.6) is 0 Å². The van der Waals surface area contributed by atoms with Crippen molar-refractivity contribution in [1.29, 1.82) is 0 Å². The summed E-state index contributed by atoms with van der Waals surface area (Å²) in [6.45, 7) is 4.26. The van der Waals surface area contributed by atoms with Crippen molar-refractivity contribution in [2.45, 2.75) is 45.2 Å². The number of hydrogen-bond acceptors (Lipinski definition) is 3. The zero-order valence-electron chi connectivity index (χ0n) is 19.7. The largest absolute Gasteiger partial charge is 0.435 e. The monoisotopic (exact) mass is 520 g/mol. The number of carbonyl (C=O) groups excluding carboxylic acids is 3. The lowest BCUT2D eigenvalue weighted by Gasteiger charge is -2.31. The zero-order valence-corrected chi connectivity index (χ0v) is 19.7. The molecule has 0 aliphatic carbocycles. The summed E-state index contributed by atoms with van der Waals surface area (Å²) in [5.74, 6) is -2.19. The number of aryl methyl sites for hydroxylation is 2. The fourth-order valence-electron chi connectivity index (χ4n) is 3.47. The smallest absolute Gasteiger partial charge is 0.339 e. The molecule has 0 spiro atoms. The summed E-state index contributed by atoms with van der Waals surface area (Å²) in [5, 5.41) is 2.40. The Morgan fingerprint density at radius 1 is 0.889 bits per heavy atom. The van der Waals surface area contributed by atoms with Crippen LogP contribution in [0.3, 0.4) is 0 Å². The molecule has 0 heterocycles. The number of hydrogen-bond donors (Lipinski definition) is 1. The molecule has 0 aliphatic rings. The highest BCUT2D eigenvalue weighted by Gasteiger charge is 2.73. The lowest BCUT2D eigenvalue weighted by molar-refractivity contribution is -0.348. The number of benzene rings is 2. The third kappa shape index (κ3) is 5.68. The highest BCUT2D eigenvalue weighted by molar-refractivity contribution is 6.36. The van der Waals surface area contributed by atoms with Gasteiger partial charge in [-0.05, 0) is 49.6 Å². The number of alkyl halides is 7. The van der Waals surface area contributed by atoms with E-state index in [-0.39, 0.29) is 28.8 Å². The number of ketones is 1. The summed E-state index contributed by atoms with van der Waals surface area (Å²) < 4.78 is 93.1.